The molecule has 1 saturated heterocycles. The van der Waals surface area contributed by atoms with Crippen LogP contribution in [-0.4, -0.2) is 51.0 Å². The number of hydrogen-bond donors (Lipinski definition) is 3. The molecule has 0 aliphatic carbocycles. The summed E-state index contributed by atoms with van der Waals surface area (Å²) in [5.74, 6) is -0.385. The first-order chi connectivity index (χ1) is 14.7. The van der Waals surface area contributed by atoms with E-state index in [9.17, 15) is 9.59 Å². The number of rotatable bonds is 5. The van der Waals surface area contributed by atoms with Crippen molar-refractivity contribution in [2.75, 3.05) is 25.0 Å². The molecular formula is C20H21N7O2S. The number of benzene rings is 1. The summed E-state index contributed by atoms with van der Waals surface area (Å²) in [6, 6.07) is 14.7. The van der Waals surface area contributed by atoms with E-state index >= 15 is 0 Å². The highest BCUT2D eigenvalue weighted by Gasteiger charge is 2.30. The third-order valence-electron chi connectivity index (χ3n) is 4.75. The average Bonchev–Trinajstić information content (AvgIpc) is 3.27. The molecule has 30 heavy (non-hydrogen) atoms. The van der Waals surface area contributed by atoms with Crippen molar-refractivity contribution in [2.24, 2.45) is 0 Å². The van der Waals surface area contributed by atoms with Gasteiger partial charge in [0, 0.05) is 43.9 Å². The Morgan fingerprint density at radius 3 is 2.80 bits per heavy atom. The van der Waals surface area contributed by atoms with Gasteiger partial charge in [0.2, 0.25) is 0 Å². The van der Waals surface area contributed by atoms with Crippen molar-refractivity contribution in [3.05, 3.63) is 71.7 Å². The number of piperazine rings is 1. The van der Waals surface area contributed by atoms with E-state index in [0.29, 0.717) is 31.2 Å². The topological polar surface area (TPSA) is 112 Å². The molecule has 9 nitrogen and oxygen atoms in total. The molecule has 0 spiro atoms. The SMILES string of the molecule is O=C(NCc1ccccc1)c1nnsc1NC(=O)N1CCNCC1c1ccccn1. The van der Waals surface area contributed by atoms with Gasteiger partial charge < -0.3 is 15.5 Å². The Bertz CT molecular complexity index is 997. The van der Waals surface area contributed by atoms with Crippen molar-refractivity contribution in [2.45, 2.75) is 12.6 Å². The fourth-order valence-corrected chi connectivity index (χ4v) is 3.79. The minimum absolute atomic E-state index is 0.105. The van der Waals surface area contributed by atoms with Gasteiger partial charge in [0.15, 0.2) is 10.7 Å². The molecule has 3 amide bonds. The van der Waals surface area contributed by atoms with Crippen molar-refractivity contribution >= 4 is 28.5 Å². The van der Waals surface area contributed by atoms with Crippen molar-refractivity contribution in [3.63, 3.8) is 0 Å². The second kappa shape index (κ2) is 9.42. The van der Waals surface area contributed by atoms with Crippen LogP contribution in [0.1, 0.15) is 27.8 Å². The largest absolute Gasteiger partial charge is 0.346 e. The van der Waals surface area contributed by atoms with Gasteiger partial charge in [0.05, 0.1) is 11.7 Å². The monoisotopic (exact) mass is 423 g/mol. The van der Waals surface area contributed by atoms with Gasteiger partial charge in [0.25, 0.3) is 5.91 Å². The minimum Gasteiger partial charge on any atom is -0.346 e. The highest BCUT2D eigenvalue weighted by molar-refractivity contribution is 7.10. The second-order valence-electron chi connectivity index (χ2n) is 6.72. The summed E-state index contributed by atoms with van der Waals surface area (Å²) >= 11 is 0.977. The fraction of sp³-hybridized carbons (Fsp3) is 0.250. The van der Waals surface area contributed by atoms with Gasteiger partial charge in [-0.15, -0.1) is 5.10 Å². The maximum Gasteiger partial charge on any atom is 0.323 e. The molecule has 1 aliphatic heterocycles. The second-order valence-corrected chi connectivity index (χ2v) is 7.47. The molecule has 1 aliphatic rings. The maximum atomic E-state index is 13.0. The minimum atomic E-state index is -0.385. The zero-order valence-corrected chi connectivity index (χ0v) is 16.9. The van der Waals surface area contributed by atoms with Crippen LogP contribution in [-0.2, 0) is 6.54 Å². The quantitative estimate of drug-likeness (QED) is 0.579. The number of urea groups is 1. The van der Waals surface area contributed by atoms with Crippen molar-refractivity contribution < 1.29 is 9.59 Å². The number of aromatic nitrogens is 3. The Balaban J connectivity index is 1.43. The van der Waals surface area contributed by atoms with E-state index in [4.69, 9.17) is 0 Å². The van der Waals surface area contributed by atoms with Gasteiger partial charge >= 0.3 is 6.03 Å². The van der Waals surface area contributed by atoms with Gasteiger partial charge in [-0.3, -0.25) is 15.1 Å². The Hall–Kier alpha value is -3.37. The first-order valence-electron chi connectivity index (χ1n) is 9.56. The maximum absolute atomic E-state index is 13.0. The van der Waals surface area contributed by atoms with Crippen LogP contribution in [0, 0.1) is 0 Å². The first-order valence-corrected chi connectivity index (χ1v) is 10.3. The van der Waals surface area contributed by atoms with Gasteiger partial charge in [-0.1, -0.05) is 40.9 Å². The molecule has 3 aromatic rings. The predicted octanol–water partition coefficient (Wildman–Crippen LogP) is 2.04. The third kappa shape index (κ3) is 4.61. The predicted molar refractivity (Wildman–Crippen MR) is 113 cm³/mol. The lowest BCUT2D eigenvalue weighted by Crippen LogP contribution is -2.50. The van der Waals surface area contributed by atoms with Crippen LogP contribution in [0.5, 0.6) is 0 Å². The zero-order chi connectivity index (χ0) is 20.8. The van der Waals surface area contributed by atoms with Gasteiger partial charge in [-0.25, -0.2) is 4.79 Å². The number of hydrogen-bond acceptors (Lipinski definition) is 7. The van der Waals surface area contributed by atoms with Crippen LogP contribution in [0.4, 0.5) is 9.80 Å². The highest BCUT2D eigenvalue weighted by Crippen LogP contribution is 2.23. The summed E-state index contributed by atoms with van der Waals surface area (Å²) in [7, 11) is 0. The van der Waals surface area contributed by atoms with Crippen molar-refractivity contribution in [1.29, 1.82) is 0 Å². The Morgan fingerprint density at radius 2 is 2.00 bits per heavy atom. The lowest BCUT2D eigenvalue weighted by Gasteiger charge is -2.35. The summed E-state index contributed by atoms with van der Waals surface area (Å²) in [5.41, 5.74) is 1.88. The molecule has 154 valence electrons. The number of nitrogens with zero attached hydrogens (tertiary/aromatic N) is 4. The van der Waals surface area contributed by atoms with E-state index in [-0.39, 0.29) is 23.7 Å². The van der Waals surface area contributed by atoms with Crippen LogP contribution < -0.4 is 16.0 Å². The van der Waals surface area contributed by atoms with Crippen LogP contribution in [0.25, 0.3) is 0 Å². The number of pyridine rings is 1. The van der Waals surface area contributed by atoms with E-state index in [2.05, 4.69) is 30.5 Å². The molecule has 0 bridgehead atoms. The molecule has 1 aromatic carbocycles. The zero-order valence-electron chi connectivity index (χ0n) is 16.1. The lowest BCUT2D eigenvalue weighted by molar-refractivity contribution is 0.0946. The van der Waals surface area contributed by atoms with Gasteiger partial charge in [-0.05, 0) is 17.7 Å². The van der Waals surface area contributed by atoms with Crippen LogP contribution in [0.3, 0.4) is 0 Å². The first kappa shape index (κ1) is 19.9. The summed E-state index contributed by atoms with van der Waals surface area (Å²) in [6.07, 6.45) is 1.71. The molecule has 0 radical (unpaired) electrons. The lowest BCUT2D eigenvalue weighted by atomic mass is 10.1. The Kier molecular flexibility index (Phi) is 6.26. The van der Waals surface area contributed by atoms with Crippen LogP contribution in [0.15, 0.2) is 54.7 Å². The van der Waals surface area contributed by atoms with Crippen LogP contribution in [0.2, 0.25) is 0 Å². The fourth-order valence-electron chi connectivity index (χ4n) is 3.24. The number of anilines is 1. The van der Waals surface area contributed by atoms with Crippen molar-refractivity contribution in [1.82, 2.24) is 30.1 Å². The normalized spacial score (nSPS) is 16.1. The molecular weight excluding hydrogens is 402 g/mol. The molecule has 2 aromatic heterocycles. The smallest absolute Gasteiger partial charge is 0.323 e. The average molecular weight is 424 g/mol. The number of nitrogens with one attached hydrogen (secondary N) is 3. The molecule has 1 atom stereocenters. The van der Waals surface area contributed by atoms with Gasteiger partial charge in [0.1, 0.15) is 0 Å². The number of amides is 3. The molecule has 0 saturated carbocycles. The standard InChI is InChI=1S/C20H21N7O2S/c28-18(23-12-14-6-2-1-3-7-14)17-19(30-26-25-17)24-20(29)27-11-10-21-13-16(27)15-8-4-5-9-22-15/h1-9,16,21H,10-13H2,(H,23,28)(H,24,29). The highest BCUT2D eigenvalue weighted by atomic mass is 32.1. The van der Waals surface area contributed by atoms with Crippen molar-refractivity contribution in [3.8, 4) is 0 Å². The van der Waals surface area contributed by atoms with E-state index < -0.39 is 0 Å². The summed E-state index contributed by atoms with van der Waals surface area (Å²) < 4.78 is 3.85. The van der Waals surface area contributed by atoms with E-state index in [1.807, 2.05) is 48.5 Å². The van der Waals surface area contributed by atoms with E-state index in [1.165, 1.54) is 0 Å². The molecule has 1 fully saturated rings. The molecule has 3 heterocycles. The number of carbonyl (C=O) groups excluding carboxylic acids is 2. The van der Waals surface area contributed by atoms with E-state index in [0.717, 1.165) is 22.8 Å². The summed E-state index contributed by atoms with van der Waals surface area (Å²) in [4.78, 5) is 31.6. The molecule has 4 rings (SSSR count). The Morgan fingerprint density at radius 1 is 1.17 bits per heavy atom. The Labute approximate surface area is 177 Å². The van der Waals surface area contributed by atoms with E-state index in [1.54, 1.807) is 11.1 Å². The van der Waals surface area contributed by atoms with Crippen LogP contribution >= 0.6 is 11.5 Å². The third-order valence-corrected chi connectivity index (χ3v) is 5.39. The molecule has 3 N–H and O–H groups in total. The molecule has 1 unspecified atom stereocenters. The molecule has 10 heteroatoms. The summed E-state index contributed by atoms with van der Waals surface area (Å²) in [5, 5.41) is 13.1. The van der Waals surface area contributed by atoms with Gasteiger partial charge in [-0.2, -0.15) is 0 Å². The summed E-state index contributed by atoms with van der Waals surface area (Å²) in [6.45, 7) is 2.18. The number of carbonyl (C=O) groups is 2.